The van der Waals surface area contributed by atoms with Gasteiger partial charge in [-0.2, -0.15) is 5.26 Å². The van der Waals surface area contributed by atoms with Crippen LogP contribution in [-0.2, 0) is 32.5 Å². The lowest BCUT2D eigenvalue weighted by Gasteiger charge is -2.29. The molecular weight excluding hydrogens is 1000 g/mol. The van der Waals surface area contributed by atoms with Crippen LogP contribution in [-0.4, -0.2) is 13.7 Å². The smallest absolute Gasteiger partial charge is 0.102 e. The van der Waals surface area contributed by atoms with Gasteiger partial charge in [0.05, 0.1) is 55.7 Å². The van der Waals surface area contributed by atoms with Crippen LogP contribution in [0.25, 0.3) is 105 Å². The molecule has 0 amide bonds. The lowest BCUT2D eigenvalue weighted by Crippen LogP contribution is -2.15. The quantitative estimate of drug-likeness (QED) is 0.169. The maximum Gasteiger partial charge on any atom is 0.102 e. The summed E-state index contributed by atoms with van der Waals surface area (Å²) in [6.07, 6.45) is 0. The molecule has 0 aliphatic carbocycles. The van der Waals surface area contributed by atoms with Gasteiger partial charge in [0.15, 0.2) is 0 Å². The molecule has 0 saturated carbocycles. The van der Waals surface area contributed by atoms with Gasteiger partial charge >= 0.3 is 0 Å². The molecule has 9 aromatic carbocycles. The van der Waals surface area contributed by atoms with Gasteiger partial charge in [-0.3, -0.25) is 0 Å². The summed E-state index contributed by atoms with van der Waals surface area (Å²) in [5, 5.41) is 19.9. The molecule has 0 unspecified atom stereocenters. The molecule has 0 aliphatic rings. The first-order valence-corrected chi connectivity index (χ1v) is 30.0. The first-order valence-electron chi connectivity index (χ1n) is 30.0. The van der Waals surface area contributed by atoms with E-state index in [-0.39, 0.29) is 32.5 Å². The summed E-state index contributed by atoms with van der Waals surface area (Å²) in [5.74, 6) is 0. The highest BCUT2D eigenvalue weighted by atomic mass is 15.1. The van der Waals surface area contributed by atoms with Crippen LogP contribution in [0.1, 0.15) is 164 Å². The molecule has 0 N–H and O–H groups in total. The summed E-state index contributed by atoms with van der Waals surface area (Å²) >= 11 is 0. The van der Waals surface area contributed by atoms with Crippen LogP contribution in [0.15, 0.2) is 170 Å². The predicted octanol–water partition coefficient (Wildman–Crippen LogP) is 22.0. The Bertz CT molecular complexity index is 4420. The zero-order chi connectivity index (χ0) is 59.2. The number of nitrogens with zero attached hydrogens (tertiary/aromatic N) is 4. The van der Waals surface area contributed by atoms with Gasteiger partial charge in [0.25, 0.3) is 0 Å². The average molecular weight is 1090 g/mol. The van der Waals surface area contributed by atoms with Crippen LogP contribution in [0.3, 0.4) is 0 Å². The Labute approximate surface area is 493 Å². The summed E-state index contributed by atoms with van der Waals surface area (Å²) in [4.78, 5) is 0. The molecule has 0 spiro atoms. The Morgan fingerprint density at radius 2 is 0.482 bits per heavy atom. The Morgan fingerprint density at radius 1 is 0.265 bits per heavy atom. The maximum absolute atomic E-state index is 12.8. The molecule has 3 heterocycles. The maximum atomic E-state index is 12.8. The molecule has 83 heavy (non-hydrogen) atoms. The summed E-state index contributed by atoms with van der Waals surface area (Å²) in [6.45, 7) is 41.6. The van der Waals surface area contributed by atoms with E-state index in [0.717, 1.165) is 72.4 Å². The topological polar surface area (TPSA) is 38.6 Å². The van der Waals surface area contributed by atoms with Crippen LogP contribution in [0.2, 0.25) is 0 Å². The van der Waals surface area contributed by atoms with E-state index in [1.54, 1.807) is 0 Å². The van der Waals surface area contributed by atoms with E-state index < -0.39 is 0 Å². The second-order valence-corrected chi connectivity index (χ2v) is 29.9. The lowest BCUT2D eigenvalue weighted by molar-refractivity contribution is 0.590. The molecule has 0 fully saturated rings. The van der Waals surface area contributed by atoms with E-state index in [1.165, 1.54) is 65.7 Å². The van der Waals surface area contributed by atoms with Crippen LogP contribution in [0.5, 0.6) is 0 Å². The van der Waals surface area contributed by atoms with Crippen molar-refractivity contribution < 1.29 is 0 Å². The minimum absolute atomic E-state index is 0.105. The van der Waals surface area contributed by atoms with Crippen molar-refractivity contribution >= 4 is 65.4 Å². The van der Waals surface area contributed by atoms with E-state index in [0.29, 0.717) is 5.56 Å². The van der Waals surface area contributed by atoms with Crippen molar-refractivity contribution in [1.29, 1.82) is 5.26 Å². The van der Waals surface area contributed by atoms with Gasteiger partial charge in [-0.25, -0.2) is 0 Å². The normalized spacial score (nSPS) is 13.2. The molecule has 12 rings (SSSR count). The number of fused-ring (bicyclic) bond motifs is 9. The van der Waals surface area contributed by atoms with Gasteiger partial charge in [-0.15, -0.1) is 0 Å². The third kappa shape index (κ3) is 9.18. The molecule has 0 atom stereocenters. The van der Waals surface area contributed by atoms with Crippen LogP contribution in [0.4, 0.5) is 0 Å². The predicted molar refractivity (Wildman–Crippen MR) is 357 cm³/mol. The highest BCUT2D eigenvalue weighted by Crippen LogP contribution is 2.53. The van der Waals surface area contributed by atoms with Crippen molar-refractivity contribution in [1.82, 2.24) is 13.7 Å². The number of hydrogen-bond donors (Lipinski definition) is 0. The van der Waals surface area contributed by atoms with Crippen molar-refractivity contribution in [3.8, 4) is 45.4 Å². The van der Waals surface area contributed by atoms with E-state index in [9.17, 15) is 5.26 Å². The fourth-order valence-electron chi connectivity index (χ4n) is 12.8. The van der Waals surface area contributed by atoms with E-state index >= 15 is 0 Å². The first kappa shape index (κ1) is 55.4. The van der Waals surface area contributed by atoms with Crippen LogP contribution in [0, 0.1) is 11.3 Å². The number of hydrogen-bond acceptors (Lipinski definition) is 1. The zero-order valence-electron chi connectivity index (χ0n) is 52.5. The first-order chi connectivity index (χ1) is 38.9. The Morgan fingerprint density at radius 3 is 0.711 bits per heavy atom. The molecule has 0 aliphatic heterocycles. The number of benzene rings is 9. The Kier molecular flexibility index (Phi) is 12.7. The molecule has 4 nitrogen and oxygen atoms in total. The third-order valence-electron chi connectivity index (χ3n) is 17.8. The van der Waals surface area contributed by atoms with Crippen molar-refractivity contribution in [2.75, 3.05) is 0 Å². The minimum atomic E-state index is -0.107. The Balaban J connectivity index is 1.43. The van der Waals surface area contributed by atoms with Crippen molar-refractivity contribution in [2.24, 2.45) is 0 Å². The highest BCUT2D eigenvalue weighted by molar-refractivity contribution is 6.17. The fourth-order valence-corrected chi connectivity index (χ4v) is 12.8. The molecular formula is C79H82N4. The van der Waals surface area contributed by atoms with E-state index in [2.05, 4.69) is 314 Å². The van der Waals surface area contributed by atoms with E-state index in [4.69, 9.17) is 0 Å². The van der Waals surface area contributed by atoms with Gasteiger partial charge in [0, 0.05) is 43.4 Å². The second-order valence-electron chi connectivity index (χ2n) is 29.9. The number of nitriles is 1. The summed E-state index contributed by atoms with van der Waals surface area (Å²) in [5.41, 5.74) is 20.7. The third-order valence-corrected chi connectivity index (χ3v) is 17.8. The van der Waals surface area contributed by atoms with Gasteiger partial charge in [-0.1, -0.05) is 222 Å². The van der Waals surface area contributed by atoms with Gasteiger partial charge in [-0.05, 0) is 150 Å². The Hall–Kier alpha value is -8.13. The minimum Gasteiger partial charge on any atom is -0.307 e. The monoisotopic (exact) mass is 1090 g/mol. The summed E-state index contributed by atoms with van der Waals surface area (Å²) in [7, 11) is 0. The molecule has 0 bridgehead atoms. The second kappa shape index (κ2) is 19.0. The molecule has 12 aromatic rings. The number of aromatic nitrogens is 3. The SMILES string of the molecule is CC(C)(C)c1ccc2c(c1)c1cc(C(C)(C)C)ccc1n2-c1c(C#N)c(-c2ccccc2)c(-n2c3ccc(C(C)(C)C)cc3c3cc(C(C)(C)C)ccc32)c(-n2c3ccc(C(C)(C)C)cc3c3cc(C(C)(C)C)ccc32)c1-c1ccccc1. The van der Waals surface area contributed by atoms with Crippen LogP contribution < -0.4 is 0 Å². The molecule has 418 valence electrons. The lowest BCUT2D eigenvalue weighted by atomic mass is 9.85. The molecule has 0 saturated heterocycles. The number of rotatable bonds is 5. The van der Waals surface area contributed by atoms with Gasteiger partial charge in [0.2, 0.25) is 0 Å². The van der Waals surface area contributed by atoms with Gasteiger partial charge < -0.3 is 13.7 Å². The summed E-state index contributed by atoms with van der Waals surface area (Å²) < 4.78 is 7.59. The van der Waals surface area contributed by atoms with E-state index in [1.807, 2.05) is 0 Å². The highest BCUT2D eigenvalue weighted by Gasteiger charge is 2.35. The van der Waals surface area contributed by atoms with Crippen LogP contribution >= 0.6 is 0 Å². The van der Waals surface area contributed by atoms with Crippen molar-refractivity contribution in [2.45, 2.75) is 157 Å². The molecule has 4 heteroatoms. The standard InChI is InChI=1S/C79H82N4/c1-74(2,3)50-29-35-63-56(41-50)57-42-51(75(4,5)6)30-36-64(57)81(63)71-62(47-80)69(48-25-21-19-22-26-48)72(82-65-37-31-52(76(7,8)9)43-58(65)59-44-53(77(10,11)12)32-38-66(59)82)73(70(71)49-27-23-20-24-28-49)83-67-39-33-54(78(13,14)15)45-60(67)61-46-55(79(16,17)18)34-40-68(61)83/h19-46H,1-18H3. The summed E-state index contributed by atoms with van der Waals surface area (Å²) in [6, 6.07) is 67.6. The zero-order valence-corrected chi connectivity index (χ0v) is 52.5. The van der Waals surface area contributed by atoms with Crippen molar-refractivity contribution in [3.05, 3.63) is 209 Å². The average Bonchev–Trinajstić information content (AvgIpc) is 1.68. The van der Waals surface area contributed by atoms with Crippen molar-refractivity contribution in [3.63, 3.8) is 0 Å². The molecule has 0 radical (unpaired) electrons. The fraction of sp³-hybridized carbons (Fsp3) is 0.304. The largest absolute Gasteiger partial charge is 0.307 e. The molecule has 3 aromatic heterocycles. The van der Waals surface area contributed by atoms with Gasteiger partial charge in [0.1, 0.15) is 6.07 Å².